The smallest absolute Gasteiger partial charge is 0.417 e. The Morgan fingerprint density at radius 3 is 2.57 bits per heavy atom. The highest BCUT2D eigenvalue weighted by Gasteiger charge is 2.36. The van der Waals surface area contributed by atoms with Crippen LogP contribution in [0.3, 0.4) is 0 Å². The number of benzene rings is 1. The molecule has 0 N–H and O–H groups in total. The van der Waals surface area contributed by atoms with Gasteiger partial charge in [0.1, 0.15) is 0 Å². The van der Waals surface area contributed by atoms with Crippen LogP contribution < -0.4 is 0 Å². The molecule has 2 rings (SSSR count). The van der Waals surface area contributed by atoms with Gasteiger partial charge in [-0.15, -0.1) is 0 Å². The minimum Gasteiger partial charge on any atom is -0.462 e. The first-order valence-electron chi connectivity index (χ1n) is 6.22. The number of hydrogen-bond acceptors (Lipinski definition) is 3. The maximum absolute atomic E-state index is 13.1. The molecular formula is C15H12F3NO2. The minimum atomic E-state index is -4.64. The first kappa shape index (κ1) is 15.0. The van der Waals surface area contributed by atoms with Gasteiger partial charge >= 0.3 is 12.1 Å². The van der Waals surface area contributed by atoms with Crippen molar-refractivity contribution in [1.29, 1.82) is 0 Å². The lowest BCUT2D eigenvalue weighted by molar-refractivity contribution is -0.138. The zero-order chi connectivity index (χ0) is 15.5. The molecule has 1 heterocycles. The topological polar surface area (TPSA) is 39.2 Å². The van der Waals surface area contributed by atoms with Gasteiger partial charge in [0, 0.05) is 18.0 Å². The van der Waals surface area contributed by atoms with E-state index >= 15 is 0 Å². The molecule has 0 bridgehead atoms. The molecule has 0 aliphatic carbocycles. The summed E-state index contributed by atoms with van der Waals surface area (Å²) in [6.45, 7) is 1.55. The summed E-state index contributed by atoms with van der Waals surface area (Å²) in [4.78, 5) is 15.5. The number of carbonyl (C=O) groups excluding carboxylic acids is 1. The van der Waals surface area contributed by atoms with Crippen molar-refractivity contribution in [3.05, 3.63) is 53.9 Å². The number of esters is 1. The van der Waals surface area contributed by atoms with Gasteiger partial charge in [-0.2, -0.15) is 13.2 Å². The molecule has 0 amide bonds. The van der Waals surface area contributed by atoms with Crippen LogP contribution in [0.5, 0.6) is 0 Å². The van der Waals surface area contributed by atoms with Gasteiger partial charge in [0.2, 0.25) is 0 Å². The van der Waals surface area contributed by atoms with Crippen molar-refractivity contribution in [2.45, 2.75) is 13.1 Å². The van der Waals surface area contributed by atoms with Crippen LogP contribution in [0.25, 0.3) is 11.1 Å². The number of rotatable bonds is 3. The number of halogens is 3. The molecule has 0 spiro atoms. The molecule has 0 radical (unpaired) electrons. The predicted molar refractivity (Wildman–Crippen MR) is 70.6 cm³/mol. The zero-order valence-corrected chi connectivity index (χ0v) is 11.1. The van der Waals surface area contributed by atoms with Gasteiger partial charge in [-0.3, -0.25) is 4.98 Å². The summed E-state index contributed by atoms with van der Waals surface area (Å²) in [6, 6.07) is 6.78. The Morgan fingerprint density at radius 2 is 2.00 bits per heavy atom. The number of aromatic nitrogens is 1. The lowest BCUT2D eigenvalue weighted by Crippen LogP contribution is -2.15. The lowest BCUT2D eigenvalue weighted by atomic mass is 9.99. The molecule has 2 aromatic rings. The van der Waals surface area contributed by atoms with E-state index in [1.54, 1.807) is 12.1 Å². The van der Waals surface area contributed by atoms with Crippen molar-refractivity contribution in [1.82, 2.24) is 4.98 Å². The fraction of sp³-hybridized carbons (Fsp3) is 0.200. The standard InChI is InChI=1S/C15H12F3NO2/c1-2-21-14(20)12-6-5-10(8-13(12)15(16,17)18)11-4-3-7-19-9-11/h3-9H,2H2,1H3. The van der Waals surface area contributed by atoms with Gasteiger partial charge in [-0.25, -0.2) is 4.79 Å². The molecule has 0 atom stereocenters. The zero-order valence-electron chi connectivity index (χ0n) is 11.1. The molecule has 0 saturated heterocycles. The molecule has 21 heavy (non-hydrogen) atoms. The van der Waals surface area contributed by atoms with E-state index in [-0.39, 0.29) is 6.61 Å². The van der Waals surface area contributed by atoms with Crippen molar-refractivity contribution in [2.75, 3.05) is 6.61 Å². The second-order valence-corrected chi connectivity index (χ2v) is 4.22. The summed E-state index contributed by atoms with van der Waals surface area (Å²) >= 11 is 0. The molecule has 1 aromatic carbocycles. The van der Waals surface area contributed by atoms with Crippen LogP contribution in [-0.4, -0.2) is 17.6 Å². The fourth-order valence-electron chi connectivity index (χ4n) is 1.88. The van der Waals surface area contributed by atoms with Crippen molar-refractivity contribution in [3.8, 4) is 11.1 Å². The van der Waals surface area contributed by atoms with Crippen LogP contribution in [-0.2, 0) is 10.9 Å². The third kappa shape index (κ3) is 3.39. The third-order valence-electron chi connectivity index (χ3n) is 2.82. The van der Waals surface area contributed by atoms with Crippen molar-refractivity contribution < 1.29 is 22.7 Å². The normalized spacial score (nSPS) is 11.2. The molecule has 3 nitrogen and oxygen atoms in total. The predicted octanol–water partition coefficient (Wildman–Crippen LogP) is 3.94. The van der Waals surface area contributed by atoms with E-state index in [2.05, 4.69) is 9.72 Å². The molecule has 6 heteroatoms. The highest BCUT2D eigenvalue weighted by molar-refractivity contribution is 5.92. The Balaban J connectivity index is 2.53. The third-order valence-corrected chi connectivity index (χ3v) is 2.82. The van der Waals surface area contributed by atoms with E-state index in [0.717, 1.165) is 12.1 Å². The summed E-state index contributed by atoms with van der Waals surface area (Å²) in [5.41, 5.74) is -0.624. The van der Waals surface area contributed by atoms with Gasteiger partial charge in [-0.05, 0) is 30.7 Å². The number of pyridine rings is 1. The lowest BCUT2D eigenvalue weighted by Gasteiger charge is -2.13. The average Bonchev–Trinajstić information content (AvgIpc) is 2.47. The van der Waals surface area contributed by atoms with E-state index in [4.69, 9.17) is 0 Å². The van der Waals surface area contributed by atoms with E-state index < -0.39 is 23.3 Å². The Morgan fingerprint density at radius 1 is 1.24 bits per heavy atom. The quantitative estimate of drug-likeness (QED) is 0.805. The molecule has 0 aliphatic rings. The van der Waals surface area contributed by atoms with Gasteiger partial charge in [0.15, 0.2) is 0 Å². The van der Waals surface area contributed by atoms with Crippen LogP contribution in [0.15, 0.2) is 42.7 Å². The highest BCUT2D eigenvalue weighted by Crippen LogP contribution is 2.35. The SMILES string of the molecule is CCOC(=O)c1ccc(-c2cccnc2)cc1C(F)(F)F. The van der Waals surface area contributed by atoms with Crippen molar-refractivity contribution in [2.24, 2.45) is 0 Å². The van der Waals surface area contributed by atoms with Crippen LogP contribution >= 0.6 is 0 Å². The number of ether oxygens (including phenoxy) is 1. The molecule has 0 fully saturated rings. The second-order valence-electron chi connectivity index (χ2n) is 4.22. The maximum atomic E-state index is 13.1. The first-order chi connectivity index (χ1) is 9.93. The molecule has 1 aromatic heterocycles. The van der Waals surface area contributed by atoms with Crippen molar-refractivity contribution >= 4 is 5.97 Å². The number of nitrogens with zero attached hydrogens (tertiary/aromatic N) is 1. The Hall–Kier alpha value is -2.37. The van der Waals surface area contributed by atoms with Gasteiger partial charge in [-0.1, -0.05) is 12.1 Å². The number of carbonyl (C=O) groups is 1. The molecule has 0 saturated carbocycles. The number of hydrogen-bond donors (Lipinski definition) is 0. The molecule has 0 unspecified atom stereocenters. The van der Waals surface area contributed by atoms with Gasteiger partial charge < -0.3 is 4.74 Å². The van der Waals surface area contributed by atoms with Crippen LogP contribution in [0.2, 0.25) is 0 Å². The van der Waals surface area contributed by atoms with Crippen molar-refractivity contribution in [3.63, 3.8) is 0 Å². The van der Waals surface area contributed by atoms with Crippen LogP contribution in [0.4, 0.5) is 13.2 Å². The van der Waals surface area contributed by atoms with Gasteiger partial charge in [0.25, 0.3) is 0 Å². The second kappa shape index (κ2) is 5.95. The van der Waals surface area contributed by atoms with Crippen LogP contribution in [0, 0.1) is 0 Å². The largest absolute Gasteiger partial charge is 0.462 e. The summed E-state index contributed by atoms with van der Waals surface area (Å²) in [5, 5.41) is 0. The first-order valence-corrected chi connectivity index (χ1v) is 6.22. The van der Waals surface area contributed by atoms with E-state index in [1.165, 1.54) is 25.4 Å². The summed E-state index contributed by atoms with van der Waals surface area (Å²) in [5.74, 6) is -0.984. The number of alkyl halides is 3. The minimum absolute atomic E-state index is 0.0144. The monoisotopic (exact) mass is 295 g/mol. The summed E-state index contributed by atoms with van der Waals surface area (Å²) in [6.07, 6.45) is -1.65. The summed E-state index contributed by atoms with van der Waals surface area (Å²) < 4.78 is 44.0. The van der Waals surface area contributed by atoms with E-state index in [1.807, 2.05) is 0 Å². The summed E-state index contributed by atoms with van der Waals surface area (Å²) in [7, 11) is 0. The average molecular weight is 295 g/mol. The van der Waals surface area contributed by atoms with Crippen LogP contribution in [0.1, 0.15) is 22.8 Å². The highest BCUT2D eigenvalue weighted by atomic mass is 19.4. The Kier molecular flexibility index (Phi) is 4.26. The Bertz CT molecular complexity index is 639. The molecule has 110 valence electrons. The van der Waals surface area contributed by atoms with E-state index in [0.29, 0.717) is 11.1 Å². The molecule has 0 aliphatic heterocycles. The maximum Gasteiger partial charge on any atom is 0.417 e. The van der Waals surface area contributed by atoms with E-state index in [9.17, 15) is 18.0 Å². The Labute approximate surface area is 119 Å². The molecular weight excluding hydrogens is 283 g/mol. The van der Waals surface area contributed by atoms with Gasteiger partial charge in [0.05, 0.1) is 17.7 Å². The fourth-order valence-corrected chi connectivity index (χ4v) is 1.88.